The molecule has 1 atom stereocenters. The van der Waals surface area contributed by atoms with Gasteiger partial charge in [0.1, 0.15) is 11.1 Å². The molecule has 0 amide bonds. The van der Waals surface area contributed by atoms with Gasteiger partial charge < -0.3 is 9.47 Å². The third kappa shape index (κ3) is 1.90. The van der Waals surface area contributed by atoms with E-state index >= 15 is 0 Å². The van der Waals surface area contributed by atoms with Gasteiger partial charge in [-0.3, -0.25) is 0 Å². The molecule has 2 rings (SSSR count). The van der Waals surface area contributed by atoms with Gasteiger partial charge in [-0.15, -0.1) is 11.3 Å². The van der Waals surface area contributed by atoms with Gasteiger partial charge in [0.2, 0.25) is 0 Å². The summed E-state index contributed by atoms with van der Waals surface area (Å²) in [4.78, 5) is 5.72. The van der Waals surface area contributed by atoms with Gasteiger partial charge in [0, 0.05) is 4.88 Å². The second-order valence-corrected chi connectivity index (χ2v) is 4.36. The summed E-state index contributed by atoms with van der Waals surface area (Å²) in [5.41, 5.74) is 1.11. The van der Waals surface area contributed by atoms with Crippen LogP contribution in [0.5, 0.6) is 0 Å². The van der Waals surface area contributed by atoms with Crippen molar-refractivity contribution < 1.29 is 9.47 Å². The van der Waals surface area contributed by atoms with Gasteiger partial charge in [0.15, 0.2) is 0 Å². The smallest absolute Gasteiger partial charge is 0.132 e. The van der Waals surface area contributed by atoms with Crippen LogP contribution in [-0.2, 0) is 9.47 Å². The van der Waals surface area contributed by atoms with Crippen LogP contribution in [0, 0.1) is 13.8 Å². The molecular weight excluding hydrogens is 186 g/mol. The van der Waals surface area contributed by atoms with Crippen molar-refractivity contribution in [3.8, 4) is 0 Å². The predicted molar refractivity (Wildman–Crippen MR) is 51.1 cm³/mol. The summed E-state index contributed by atoms with van der Waals surface area (Å²) in [7, 11) is 0. The summed E-state index contributed by atoms with van der Waals surface area (Å²) >= 11 is 1.70. The topological polar surface area (TPSA) is 31.4 Å². The Morgan fingerprint density at radius 1 is 1.38 bits per heavy atom. The third-order valence-electron chi connectivity index (χ3n) is 2.14. The van der Waals surface area contributed by atoms with Crippen molar-refractivity contribution in [2.75, 3.05) is 19.8 Å². The van der Waals surface area contributed by atoms with Crippen LogP contribution in [0.1, 0.15) is 21.7 Å². The lowest BCUT2D eigenvalue weighted by atomic mass is 10.3. The first-order valence-corrected chi connectivity index (χ1v) is 5.22. The minimum absolute atomic E-state index is 0.0612. The van der Waals surface area contributed by atoms with E-state index in [4.69, 9.17) is 9.47 Å². The van der Waals surface area contributed by atoms with Gasteiger partial charge >= 0.3 is 0 Å². The molecule has 3 nitrogen and oxygen atoms in total. The zero-order chi connectivity index (χ0) is 9.26. The summed E-state index contributed by atoms with van der Waals surface area (Å²) in [5.74, 6) is 0. The van der Waals surface area contributed by atoms with Gasteiger partial charge in [-0.2, -0.15) is 0 Å². The Kier molecular flexibility index (Phi) is 2.62. The van der Waals surface area contributed by atoms with Crippen molar-refractivity contribution in [3.05, 3.63) is 15.6 Å². The molecule has 0 unspecified atom stereocenters. The maximum atomic E-state index is 5.56. The molecule has 0 N–H and O–H groups in total. The molecule has 0 spiro atoms. The summed E-state index contributed by atoms with van der Waals surface area (Å²) in [5, 5.41) is 1.05. The van der Waals surface area contributed by atoms with E-state index in [2.05, 4.69) is 11.9 Å². The summed E-state index contributed by atoms with van der Waals surface area (Å²) in [6.45, 7) is 6.15. The van der Waals surface area contributed by atoms with E-state index in [0.29, 0.717) is 19.8 Å². The molecule has 0 aromatic carbocycles. The van der Waals surface area contributed by atoms with Crippen LogP contribution in [-0.4, -0.2) is 24.8 Å². The first kappa shape index (κ1) is 9.12. The Morgan fingerprint density at radius 2 is 2.23 bits per heavy atom. The van der Waals surface area contributed by atoms with E-state index in [9.17, 15) is 0 Å². The minimum Gasteiger partial charge on any atom is -0.376 e. The lowest BCUT2D eigenvalue weighted by molar-refractivity contribution is -0.0902. The number of nitrogens with zero attached hydrogens (tertiary/aromatic N) is 1. The Morgan fingerprint density at radius 3 is 2.77 bits per heavy atom. The number of hydrogen-bond donors (Lipinski definition) is 0. The molecule has 0 saturated carbocycles. The Bertz CT molecular complexity index is 272. The Labute approximate surface area is 81.7 Å². The van der Waals surface area contributed by atoms with Crippen molar-refractivity contribution in [2.45, 2.75) is 20.0 Å². The van der Waals surface area contributed by atoms with Crippen molar-refractivity contribution >= 4 is 11.3 Å². The zero-order valence-electron chi connectivity index (χ0n) is 7.87. The van der Waals surface area contributed by atoms with E-state index in [1.54, 1.807) is 11.3 Å². The molecule has 72 valence electrons. The molecule has 2 heterocycles. The van der Waals surface area contributed by atoms with E-state index in [1.165, 1.54) is 4.88 Å². The number of thiazole rings is 1. The first-order chi connectivity index (χ1) is 6.27. The molecule has 1 aliphatic rings. The first-order valence-electron chi connectivity index (χ1n) is 4.40. The highest BCUT2D eigenvalue weighted by molar-refractivity contribution is 7.11. The van der Waals surface area contributed by atoms with Crippen molar-refractivity contribution in [1.29, 1.82) is 0 Å². The number of aromatic nitrogens is 1. The van der Waals surface area contributed by atoms with Crippen LogP contribution in [0.4, 0.5) is 0 Å². The van der Waals surface area contributed by atoms with Crippen molar-refractivity contribution in [1.82, 2.24) is 4.98 Å². The normalized spacial score (nSPS) is 23.4. The zero-order valence-corrected chi connectivity index (χ0v) is 8.69. The summed E-state index contributed by atoms with van der Waals surface area (Å²) < 4.78 is 10.9. The SMILES string of the molecule is Cc1nc([C@H]2COCCO2)sc1C. The van der Waals surface area contributed by atoms with Crippen LogP contribution in [0.2, 0.25) is 0 Å². The number of hydrogen-bond acceptors (Lipinski definition) is 4. The fourth-order valence-corrected chi connectivity index (χ4v) is 2.22. The molecule has 1 aromatic rings. The monoisotopic (exact) mass is 199 g/mol. The summed E-state index contributed by atoms with van der Waals surface area (Å²) in [6, 6.07) is 0. The maximum absolute atomic E-state index is 5.56. The van der Waals surface area contributed by atoms with E-state index < -0.39 is 0 Å². The van der Waals surface area contributed by atoms with E-state index in [-0.39, 0.29) is 6.10 Å². The molecule has 0 bridgehead atoms. The highest BCUT2D eigenvalue weighted by Gasteiger charge is 2.20. The highest BCUT2D eigenvalue weighted by atomic mass is 32.1. The highest BCUT2D eigenvalue weighted by Crippen LogP contribution is 2.26. The molecule has 0 aliphatic carbocycles. The fourth-order valence-electron chi connectivity index (χ4n) is 1.27. The Hall–Kier alpha value is -0.450. The molecule has 13 heavy (non-hydrogen) atoms. The number of ether oxygens (including phenoxy) is 2. The second-order valence-electron chi connectivity index (χ2n) is 3.13. The molecule has 1 aliphatic heterocycles. The molecular formula is C9H13NO2S. The van der Waals surface area contributed by atoms with Crippen molar-refractivity contribution in [3.63, 3.8) is 0 Å². The van der Waals surface area contributed by atoms with Crippen LogP contribution in [0.3, 0.4) is 0 Å². The van der Waals surface area contributed by atoms with Gasteiger partial charge in [0.25, 0.3) is 0 Å². The van der Waals surface area contributed by atoms with Crippen LogP contribution >= 0.6 is 11.3 Å². The lowest BCUT2D eigenvalue weighted by Gasteiger charge is -2.20. The standard InChI is InChI=1S/C9H13NO2S/c1-6-7(2)13-9(10-6)8-5-11-3-4-12-8/h8H,3-5H2,1-2H3/t8-/m1/s1. The lowest BCUT2D eigenvalue weighted by Crippen LogP contribution is -2.21. The van der Waals surface area contributed by atoms with Crippen LogP contribution < -0.4 is 0 Å². The predicted octanol–water partition coefficient (Wildman–Crippen LogP) is 1.85. The molecule has 1 aromatic heterocycles. The van der Waals surface area contributed by atoms with E-state index in [1.807, 2.05) is 6.92 Å². The average Bonchev–Trinajstić information content (AvgIpc) is 2.49. The van der Waals surface area contributed by atoms with Gasteiger partial charge in [-0.05, 0) is 13.8 Å². The third-order valence-corrected chi connectivity index (χ3v) is 3.30. The van der Waals surface area contributed by atoms with Crippen LogP contribution in [0.15, 0.2) is 0 Å². The number of aryl methyl sites for hydroxylation is 2. The second kappa shape index (κ2) is 3.74. The molecule has 0 radical (unpaired) electrons. The van der Waals surface area contributed by atoms with Crippen LogP contribution in [0.25, 0.3) is 0 Å². The van der Waals surface area contributed by atoms with Gasteiger partial charge in [-0.1, -0.05) is 0 Å². The van der Waals surface area contributed by atoms with Gasteiger partial charge in [-0.25, -0.2) is 4.98 Å². The maximum Gasteiger partial charge on any atom is 0.132 e. The number of rotatable bonds is 1. The largest absolute Gasteiger partial charge is 0.376 e. The molecule has 1 saturated heterocycles. The van der Waals surface area contributed by atoms with Gasteiger partial charge in [0.05, 0.1) is 25.5 Å². The average molecular weight is 199 g/mol. The molecule has 1 fully saturated rings. The fraction of sp³-hybridized carbons (Fsp3) is 0.667. The quantitative estimate of drug-likeness (QED) is 0.691. The summed E-state index contributed by atoms with van der Waals surface area (Å²) in [6.07, 6.45) is 0.0612. The van der Waals surface area contributed by atoms with E-state index in [0.717, 1.165) is 10.7 Å². The molecule has 4 heteroatoms. The Balaban J connectivity index is 2.14. The van der Waals surface area contributed by atoms with Crippen molar-refractivity contribution in [2.24, 2.45) is 0 Å². The minimum atomic E-state index is 0.0612.